The molecule has 210 valence electrons. The van der Waals surface area contributed by atoms with Crippen LogP contribution in [0.5, 0.6) is 0 Å². The van der Waals surface area contributed by atoms with Gasteiger partial charge in [0.05, 0.1) is 11.3 Å². The van der Waals surface area contributed by atoms with Gasteiger partial charge in [0, 0.05) is 61.2 Å². The molecule has 4 amide bonds. The Labute approximate surface area is 238 Å². The van der Waals surface area contributed by atoms with Crippen LogP contribution in [-0.2, 0) is 0 Å². The lowest BCUT2D eigenvalue weighted by molar-refractivity contribution is 0.0773. The number of hydrogen-bond donors (Lipinski definition) is 2. The van der Waals surface area contributed by atoms with E-state index in [2.05, 4.69) is 15.5 Å². The quantitative estimate of drug-likeness (QED) is 0.370. The van der Waals surface area contributed by atoms with Gasteiger partial charge in [-0.05, 0) is 74.9 Å². The van der Waals surface area contributed by atoms with E-state index in [1.165, 1.54) is 12.1 Å². The minimum absolute atomic E-state index is 0.136. The Hall–Kier alpha value is -4.11. The molecule has 2 N–H and O–H groups in total. The highest BCUT2D eigenvalue weighted by atomic mass is 35.5. The molecule has 0 atom stereocenters. The van der Waals surface area contributed by atoms with E-state index in [-0.39, 0.29) is 23.5 Å². The fourth-order valence-electron chi connectivity index (χ4n) is 4.66. The number of nitrogens with zero attached hydrogens (tertiary/aromatic N) is 3. The Morgan fingerprint density at radius 1 is 0.900 bits per heavy atom. The molecule has 0 bridgehead atoms. The minimum Gasteiger partial charge on any atom is -0.369 e. The number of benzene rings is 3. The average molecular weight is 566 g/mol. The molecule has 3 aromatic rings. The summed E-state index contributed by atoms with van der Waals surface area (Å²) in [6.07, 6.45) is 0.665. The van der Waals surface area contributed by atoms with Gasteiger partial charge in [-0.2, -0.15) is 0 Å². The summed E-state index contributed by atoms with van der Waals surface area (Å²) in [7, 11) is 0. The van der Waals surface area contributed by atoms with E-state index in [9.17, 15) is 18.8 Å². The van der Waals surface area contributed by atoms with Crippen LogP contribution >= 0.6 is 11.6 Å². The highest BCUT2D eigenvalue weighted by Crippen LogP contribution is 2.28. The van der Waals surface area contributed by atoms with Crippen LogP contribution in [0.15, 0.2) is 66.7 Å². The van der Waals surface area contributed by atoms with Crippen LogP contribution < -0.4 is 15.5 Å². The number of anilines is 3. The topological polar surface area (TPSA) is 85.0 Å². The number of urea groups is 1. The molecule has 10 heteroatoms. The van der Waals surface area contributed by atoms with Crippen LogP contribution in [0.3, 0.4) is 0 Å². The van der Waals surface area contributed by atoms with Crippen molar-refractivity contribution in [2.24, 2.45) is 0 Å². The predicted molar refractivity (Wildman–Crippen MR) is 157 cm³/mol. The van der Waals surface area contributed by atoms with E-state index < -0.39 is 5.82 Å². The van der Waals surface area contributed by atoms with Crippen molar-refractivity contribution in [3.05, 3.63) is 88.7 Å². The summed E-state index contributed by atoms with van der Waals surface area (Å²) >= 11 is 5.94. The van der Waals surface area contributed by atoms with Crippen molar-refractivity contribution in [2.45, 2.75) is 20.3 Å². The second kappa shape index (κ2) is 13.3. The first-order chi connectivity index (χ1) is 19.3. The van der Waals surface area contributed by atoms with E-state index in [0.29, 0.717) is 67.5 Å². The Morgan fingerprint density at radius 2 is 1.62 bits per heavy atom. The van der Waals surface area contributed by atoms with Crippen molar-refractivity contribution in [1.29, 1.82) is 0 Å². The molecule has 0 radical (unpaired) electrons. The van der Waals surface area contributed by atoms with Gasteiger partial charge in [0.2, 0.25) is 0 Å². The normalized spacial score (nSPS) is 13.4. The summed E-state index contributed by atoms with van der Waals surface area (Å²) in [4.78, 5) is 44.7. The Bertz CT molecular complexity index is 1360. The summed E-state index contributed by atoms with van der Waals surface area (Å²) in [6.45, 7) is 6.93. The number of rotatable bonds is 7. The second-order valence-corrected chi connectivity index (χ2v) is 9.84. The van der Waals surface area contributed by atoms with E-state index in [1.54, 1.807) is 58.3 Å². The average Bonchev–Trinajstić information content (AvgIpc) is 3.21. The molecule has 8 nitrogen and oxygen atoms in total. The molecule has 1 heterocycles. The summed E-state index contributed by atoms with van der Waals surface area (Å²) in [6, 6.07) is 17.6. The number of nitrogens with one attached hydrogen (secondary N) is 2. The van der Waals surface area contributed by atoms with Crippen LogP contribution in [0.25, 0.3) is 0 Å². The molecule has 0 aromatic heterocycles. The molecule has 0 saturated carbocycles. The highest BCUT2D eigenvalue weighted by Gasteiger charge is 2.25. The monoisotopic (exact) mass is 565 g/mol. The maximum atomic E-state index is 14.0. The van der Waals surface area contributed by atoms with Gasteiger partial charge in [0.15, 0.2) is 0 Å². The molecule has 4 rings (SSSR count). The van der Waals surface area contributed by atoms with Crippen molar-refractivity contribution in [3.8, 4) is 0 Å². The van der Waals surface area contributed by atoms with E-state index >= 15 is 0 Å². The van der Waals surface area contributed by atoms with Crippen molar-refractivity contribution in [2.75, 3.05) is 54.8 Å². The lowest BCUT2D eigenvalue weighted by Gasteiger charge is -2.28. The number of para-hydroxylation sites is 1. The lowest BCUT2D eigenvalue weighted by Crippen LogP contribution is -2.38. The van der Waals surface area contributed by atoms with Gasteiger partial charge in [0.1, 0.15) is 5.82 Å². The third-order valence-electron chi connectivity index (χ3n) is 6.88. The predicted octanol–water partition coefficient (Wildman–Crippen LogP) is 5.96. The third-order valence-corrected chi connectivity index (χ3v) is 7.13. The second-order valence-electron chi connectivity index (χ2n) is 9.41. The molecule has 40 heavy (non-hydrogen) atoms. The van der Waals surface area contributed by atoms with Crippen molar-refractivity contribution in [3.63, 3.8) is 0 Å². The Kier molecular flexibility index (Phi) is 9.60. The summed E-state index contributed by atoms with van der Waals surface area (Å²) in [5, 5.41) is 6.06. The van der Waals surface area contributed by atoms with E-state index in [0.717, 1.165) is 5.69 Å². The number of hydrogen-bond acceptors (Lipinski definition) is 4. The van der Waals surface area contributed by atoms with Crippen molar-refractivity contribution < 1.29 is 18.8 Å². The van der Waals surface area contributed by atoms with Crippen LogP contribution in [-0.4, -0.2) is 66.9 Å². The fraction of sp³-hybridized carbons (Fsp3) is 0.300. The molecule has 1 fully saturated rings. The number of amides is 4. The van der Waals surface area contributed by atoms with Gasteiger partial charge in [-0.15, -0.1) is 0 Å². The SMILES string of the molecule is CCN(CC)C(=O)c1cc(NC(=O)c2ccc(Cl)cc2)ccc1N1CCCN(C(=O)Nc2ccccc2F)CC1. The largest absolute Gasteiger partial charge is 0.369 e. The van der Waals surface area contributed by atoms with Gasteiger partial charge in [-0.3, -0.25) is 9.59 Å². The zero-order valence-corrected chi connectivity index (χ0v) is 23.4. The summed E-state index contributed by atoms with van der Waals surface area (Å²) in [5.74, 6) is -0.937. The number of carbonyl (C=O) groups excluding carboxylic acids is 3. The number of halogens is 2. The smallest absolute Gasteiger partial charge is 0.321 e. The zero-order chi connectivity index (χ0) is 28.6. The first-order valence-corrected chi connectivity index (χ1v) is 13.7. The maximum Gasteiger partial charge on any atom is 0.321 e. The van der Waals surface area contributed by atoms with Crippen molar-refractivity contribution >= 4 is 46.5 Å². The standard InChI is InChI=1S/C30H33ClFN5O3/c1-3-35(4-2)29(39)24-20-23(33-28(38)21-10-12-22(31)13-11-21)14-15-27(24)36-16-7-17-37(19-18-36)30(40)34-26-9-6-5-8-25(26)32/h5-6,8-15,20H,3-4,7,16-19H2,1-2H3,(H,33,38)(H,34,40). The van der Waals surface area contributed by atoms with E-state index in [1.807, 2.05) is 19.9 Å². The van der Waals surface area contributed by atoms with Gasteiger partial charge < -0.3 is 25.3 Å². The minimum atomic E-state index is -0.491. The van der Waals surface area contributed by atoms with Crippen LogP contribution in [0.2, 0.25) is 5.02 Å². The molecule has 1 aliphatic rings. The zero-order valence-electron chi connectivity index (χ0n) is 22.6. The van der Waals surface area contributed by atoms with Crippen molar-refractivity contribution in [1.82, 2.24) is 9.80 Å². The maximum absolute atomic E-state index is 14.0. The molecule has 3 aromatic carbocycles. The molecule has 1 saturated heterocycles. The molecule has 0 unspecified atom stereocenters. The van der Waals surface area contributed by atoms with Gasteiger partial charge in [-0.1, -0.05) is 23.7 Å². The molecule has 0 spiro atoms. The molecular weight excluding hydrogens is 533 g/mol. The van der Waals surface area contributed by atoms with Gasteiger partial charge in [-0.25, -0.2) is 9.18 Å². The molecular formula is C30H33ClFN5O3. The van der Waals surface area contributed by atoms with Crippen LogP contribution in [0.1, 0.15) is 41.0 Å². The molecule has 1 aliphatic heterocycles. The number of carbonyl (C=O) groups is 3. The van der Waals surface area contributed by atoms with Gasteiger partial charge >= 0.3 is 6.03 Å². The Morgan fingerprint density at radius 3 is 2.33 bits per heavy atom. The summed E-state index contributed by atoms with van der Waals surface area (Å²) < 4.78 is 14.0. The fourth-order valence-corrected chi connectivity index (χ4v) is 4.79. The first kappa shape index (κ1) is 28.9. The van der Waals surface area contributed by atoms with Crippen LogP contribution in [0, 0.1) is 5.82 Å². The third kappa shape index (κ3) is 6.90. The first-order valence-electron chi connectivity index (χ1n) is 13.4. The van der Waals surface area contributed by atoms with Gasteiger partial charge in [0.25, 0.3) is 11.8 Å². The Balaban J connectivity index is 1.54. The lowest BCUT2D eigenvalue weighted by atomic mass is 10.1. The molecule has 0 aliphatic carbocycles. The van der Waals surface area contributed by atoms with E-state index in [4.69, 9.17) is 11.6 Å². The van der Waals surface area contributed by atoms with Crippen LogP contribution in [0.4, 0.5) is 26.2 Å². The summed E-state index contributed by atoms with van der Waals surface area (Å²) in [5.41, 5.74) is 2.29. The highest BCUT2D eigenvalue weighted by molar-refractivity contribution is 6.30.